The highest BCUT2D eigenvalue weighted by atomic mass is 127. The first-order chi connectivity index (χ1) is 9.46. The van der Waals surface area contributed by atoms with Crippen molar-refractivity contribution in [2.45, 2.75) is 31.9 Å². The molecular weight excluding hydrogens is 413 g/mol. The second-order valence-electron chi connectivity index (χ2n) is 5.66. The summed E-state index contributed by atoms with van der Waals surface area (Å²) in [6, 6.07) is 4.32. The molecule has 0 aromatic carbocycles. The monoisotopic (exact) mass is 441 g/mol. The largest absolute Gasteiger partial charge is 0.356 e. The van der Waals surface area contributed by atoms with Gasteiger partial charge in [0.15, 0.2) is 5.96 Å². The minimum Gasteiger partial charge on any atom is -0.356 e. The molecule has 1 unspecified atom stereocenters. The highest BCUT2D eigenvalue weighted by Gasteiger charge is 2.16. The van der Waals surface area contributed by atoms with Gasteiger partial charge in [-0.3, -0.25) is 4.99 Å². The van der Waals surface area contributed by atoms with Crippen molar-refractivity contribution in [3.63, 3.8) is 0 Å². The lowest BCUT2D eigenvalue weighted by molar-refractivity contribution is 0.558. The summed E-state index contributed by atoms with van der Waals surface area (Å²) >= 11 is 3.69. The maximum atomic E-state index is 4.28. The molecule has 0 aliphatic rings. The summed E-state index contributed by atoms with van der Waals surface area (Å²) in [6.07, 6.45) is 3.26. The van der Waals surface area contributed by atoms with E-state index in [1.54, 1.807) is 0 Å². The molecule has 0 amide bonds. The van der Waals surface area contributed by atoms with Crippen LogP contribution in [0.1, 0.15) is 25.6 Å². The van der Waals surface area contributed by atoms with Gasteiger partial charge in [-0.15, -0.1) is 35.3 Å². The SMILES string of the molecule is CN=C(NCC(C)Cc1cccs1)NCC(C)(C)SC.I. The average Bonchev–Trinajstić information content (AvgIpc) is 2.91. The van der Waals surface area contributed by atoms with E-state index >= 15 is 0 Å². The third-order valence-electron chi connectivity index (χ3n) is 3.21. The fraction of sp³-hybridized carbons (Fsp3) is 0.667. The van der Waals surface area contributed by atoms with Crippen molar-refractivity contribution in [3.05, 3.63) is 22.4 Å². The van der Waals surface area contributed by atoms with Crippen molar-refractivity contribution >= 4 is 53.0 Å². The molecular formula is C15H28IN3S2. The maximum Gasteiger partial charge on any atom is 0.191 e. The maximum absolute atomic E-state index is 4.28. The van der Waals surface area contributed by atoms with Gasteiger partial charge in [0.2, 0.25) is 0 Å². The molecule has 1 rings (SSSR count). The number of nitrogens with one attached hydrogen (secondary N) is 2. The zero-order valence-corrected chi connectivity index (χ0v) is 17.6. The minimum absolute atomic E-state index is 0. The number of guanidine groups is 1. The molecule has 0 fully saturated rings. The first-order valence-electron chi connectivity index (χ1n) is 6.99. The topological polar surface area (TPSA) is 36.4 Å². The molecule has 3 nitrogen and oxygen atoms in total. The third-order valence-corrected chi connectivity index (χ3v) is 5.35. The van der Waals surface area contributed by atoms with Crippen LogP contribution in [0.15, 0.2) is 22.5 Å². The lowest BCUT2D eigenvalue weighted by atomic mass is 10.1. The van der Waals surface area contributed by atoms with Crippen LogP contribution in [0.25, 0.3) is 0 Å². The van der Waals surface area contributed by atoms with Crippen molar-refractivity contribution in [2.24, 2.45) is 10.9 Å². The van der Waals surface area contributed by atoms with Crippen LogP contribution in [-0.2, 0) is 6.42 Å². The number of thiophene rings is 1. The fourth-order valence-corrected chi connectivity index (χ4v) is 2.79. The smallest absolute Gasteiger partial charge is 0.191 e. The van der Waals surface area contributed by atoms with Gasteiger partial charge in [0.1, 0.15) is 0 Å². The normalized spacial score (nSPS) is 13.5. The summed E-state index contributed by atoms with van der Waals surface area (Å²) in [4.78, 5) is 5.73. The van der Waals surface area contributed by atoms with E-state index in [-0.39, 0.29) is 28.7 Å². The van der Waals surface area contributed by atoms with E-state index in [4.69, 9.17) is 0 Å². The molecule has 6 heteroatoms. The number of nitrogens with zero attached hydrogens (tertiary/aromatic N) is 1. The van der Waals surface area contributed by atoms with Gasteiger partial charge < -0.3 is 10.6 Å². The van der Waals surface area contributed by atoms with Crippen LogP contribution in [0.3, 0.4) is 0 Å². The van der Waals surface area contributed by atoms with Crippen molar-refractivity contribution in [2.75, 3.05) is 26.4 Å². The van der Waals surface area contributed by atoms with E-state index in [9.17, 15) is 0 Å². The molecule has 0 spiro atoms. The van der Waals surface area contributed by atoms with Gasteiger partial charge in [-0.2, -0.15) is 11.8 Å². The zero-order chi connectivity index (χ0) is 15.0. The Kier molecular flexibility index (Phi) is 10.7. The second-order valence-corrected chi connectivity index (χ2v) is 8.20. The van der Waals surface area contributed by atoms with Gasteiger partial charge in [0.25, 0.3) is 0 Å². The quantitative estimate of drug-likeness (QED) is 0.384. The summed E-state index contributed by atoms with van der Waals surface area (Å²) in [7, 11) is 1.82. The number of aliphatic imine (C=N–C) groups is 1. The van der Waals surface area contributed by atoms with Crippen LogP contribution in [-0.4, -0.2) is 37.1 Å². The Morgan fingerprint density at radius 2 is 2.14 bits per heavy atom. The van der Waals surface area contributed by atoms with Gasteiger partial charge in [0, 0.05) is 29.8 Å². The zero-order valence-electron chi connectivity index (χ0n) is 13.6. The Labute approximate surface area is 154 Å². The highest BCUT2D eigenvalue weighted by Crippen LogP contribution is 2.19. The average molecular weight is 441 g/mol. The van der Waals surface area contributed by atoms with Gasteiger partial charge in [-0.05, 0) is 43.9 Å². The molecule has 1 atom stereocenters. The molecule has 0 aliphatic heterocycles. The number of halogens is 1. The van der Waals surface area contributed by atoms with Crippen LogP contribution < -0.4 is 10.6 Å². The Bertz CT molecular complexity index is 405. The Morgan fingerprint density at radius 3 is 2.67 bits per heavy atom. The Hall–Kier alpha value is 0.0500. The van der Waals surface area contributed by atoms with Crippen molar-refractivity contribution < 1.29 is 0 Å². The summed E-state index contributed by atoms with van der Waals surface area (Å²) in [5, 5.41) is 8.95. The summed E-state index contributed by atoms with van der Waals surface area (Å²) < 4.78 is 0.222. The first-order valence-corrected chi connectivity index (χ1v) is 9.09. The molecule has 0 saturated heterocycles. The molecule has 21 heavy (non-hydrogen) atoms. The van der Waals surface area contributed by atoms with Crippen LogP contribution >= 0.6 is 47.1 Å². The number of hydrogen-bond acceptors (Lipinski definition) is 3. The molecule has 0 aliphatic carbocycles. The third kappa shape index (κ3) is 8.93. The summed E-state index contributed by atoms with van der Waals surface area (Å²) in [5.41, 5.74) is 0. The van der Waals surface area contributed by atoms with Crippen LogP contribution in [0, 0.1) is 5.92 Å². The molecule has 1 aromatic heterocycles. The number of rotatable bonds is 7. The van der Waals surface area contributed by atoms with Crippen molar-refractivity contribution in [1.82, 2.24) is 10.6 Å². The number of hydrogen-bond donors (Lipinski definition) is 2. The standard InChI is InChI=1S/C15H27N3S2.HI/c1-12(9-13-7-6-8-20-13)10-17-14(16-4)18-11-15(2,3)19-5;/h6-8,12H,9-11H2,1-5H3,(H2,16,17,18);1H. The van der Waals surface area contributed by atoms with E-state index in [0.717, 1.165) is 25.5 Å². The van der Waals surface area contributed by atoms with Crippen molar-refractivity contribution in [1.29, 1.82) is 0 Å². The molecule has 1 heterocycles. The first kappa shape index (κ1) is 21.0. The van der Waals surface area contributed by atoms with Gasteiger partial charge in [0.05, 0.1) is 0 Å². The van der Waals surface area contributed by atoms with Crippen LogP contribution in [0.2, 0.25) is 0 Å². The molecule has 122 valence electrons. The van der Waals surface area contributed by atoms with E-state index in [0.29, 0.717) is 5.92 Å². The van der Waals surface area contributed by atoms with E-state index < -0.39 is 0 Å². The molecule has 0 radical (unpaired) electrons. The van der Waals surface area contributed by atoms with Crippen molar-refractivity contribution in [3.8, 4) is 0 Å². The molecule has 0 bridgehead atoms. The van der Waals surface area contributed by atoms with Crippen LogP contribution in [0.4, 0.5) is 0 Å². The number of thioether (sulfide) groups is 1. The summed E-state index contributed by atoms with van der Waals surface area (Å²) in [5.74, 6) is 1.49. The molecule has 1 aromatic rings. The minimum atomic E-state index is 0. The van der Waals surface area contributed by atoms with Gasteiger partial charge in [-0.1, -0.05) is 13.0 Å². The molecule has 0 saturated carbocycles. The highest BCUT2D eigenvalue weighted by molar-refractivity contribution is 14.0. The van der Waals surface area contributed by atoms with Gasteiger partial charge in [-0.25, -0.2) is 0 Å². The van der Waals surface area contributed by atoms with Gasteiger partial charge >= 0.3 is 0 Å². The van der Waals surface area contributed by atoms with E-state index in [2.05, 4.69) is 60.2 Å². The van der Waals surface area contributed by atoms with Crippen LogP contribution in [0.5, 0.6) is 0 Å². The predicted octanol–water partition coefficient (Wildman–Crippen LogP) is 3.85. The summed E-state index contributed by atoms with van der Waals surface area (Å²) in [6.45, 7) is 8.59. The lowest BCUT2D eigenvalue weighted by Crippen LogP contribution is -2.44. The fourth-order valence-electron chi connectivity index (χ4n) is 1.70. The van der Waals surface area contributed by atoms with E-state index in [1.807, 2.05) is 30.1 Å². The Morgan fingerprint density at radius 1 is 1.43 bits per heavy atom. The second kappa shape index (κ2) is 10.7. The lowest BCUT2D eigenvalue weighted by Gasteiger charge is -2.24. The Balaban J connectivity index is 0.00000400. The predicted molar refractivity (Wildman–Crippen MR) is 110 cm³/mol. The van der Waals surface area contributed by atoms with E-state index in [1.165, 1.54) is 4.88 Å². The molecule has 2 N–H and O–H groups in total.